The molecule has 3 nitrogen and oxygen atoms in total. The average molecular weight is 225 g/mol. The van der Waals surface area contributed by atoms with Gasteiger partial charge in [-0.15, -0.1) is 12.3 Å². The molecule has 0 aliphatic carbocycles. The number of nitrogens with zero attached hydrogens (tertiary/aromatic N) is 2. The van der Waals surface area contributed by atoms with Gasteiger partial charge in [0, 0.05) is 25.5 Å². The number of terminal acetylenes is 1. The van der Waals surface area contributed by atoms with Gasteiger partial charge in [-0.3, -0.25) is 9.36 Å². The van der Waals surface area contributed by atoms with E-state index in [0.29, 0.717) is 25.2 Å². The first-order valence-electron chi connectivity index (χ1n) is 4.88. The summed E-state index contributed by atoms with van der Waals surface area (Å²) >= 11 is 5.71. The summed E-state index contributed by atoms with van der Waals surface area (Å²) in [5.74, 6) is 3.26. The van der Waals surface area contributed by atoms with Crippen LogP contribution in [0, 0.1) is 12.3 Å². The van der Waals surface area contributed by atoms with Gasteiger partial charge in [-0.05, 0) is 6.42 Å². The van der Waals surface area contributed by atoms with Gasteiger partial charge < -0.3 is 0 Å². The molecule has 4 heteroatoms. The van der Waals surface area contributed by atoms with Gasteiger partial charge in [-0.1, -0.05) is 18.5 Å². The van der Waals surface area contributed by atoms with Crippen LogP contribution < -0.4 is 5.56 Å². The highest BCUT2D eigenvalue weighted by atomic mass is 35.5. The average Bonchev–Trinajstić information content (AvgIpc) is 2.20. The highest BCUT2D eigenvalue weighted by Gasteiger charge is 2.05. The third-order valence-electron chi connectivity index (χ3n) is 2.08. The number of aromatic nitrogens is 2. The van der Waals surface area contributed by atoms with Gasteiger partial charge in [0.2, 0.25) is 0 Å². The van der Waals surface area contributed by atoms with E-state index < -0.39 is 0 Å². The number of rotatable bonds is 4. The highest BCUT2D eigenvalue weighted by molar-refractivity contribution is 6.29. The molecule has 0 unspecified atom stereocenters. The summed E-state index contributed by atoms with van der Waals surface area (Å²) in [7, 11) is 0. The zero-order chi connectivity index (χ0) is 11.3. The minimum atomic E-state index is -0.108. The van der Waals surface area contributed by atoms with Crippen LogP contribution in [0.1, 0.15) is 25.6 Å². The van der Waals surface area contributed by atoms with E-state index in [1.807, 2.05) is 6.92 Å². The van der Waals surface area contributed by atoms with Gasteiger partial charge in [0.05, 0.1) is 0 Å². The Morgan fingerprint density at radius 3 is 3.00 bits per heavy atom. The second-order valence-corrected chi connectivity index (χ2v) is 3.53. The maximum Gasteiger partial charge on any atom is 0.254 e. The Morgan fingerprint density at radius 1 is 1.67 bits per heavy atom. The fraction of sp³-hybridized carbons (Fsp3) is 0.455. The zero-order valence-electron chi connectivity index (χ0n) is 8.66. The minimum absolute atomic E-state index is 0.108. The van der Waals surface area contributed by atoms with Crippen LogP contribution in [0.2, 0.25) is 5.15 Å². The van der Waals surface area contributed by atoms with E-state index in [4.69, 9.17) is 18.0 Å². The molecule has 0 bridgehead atoms. The zero-order valence-corrected chi connectivity index (χ0v) is 9.42. The molecule has 0 atom stereocenters. The van der Waals surface area contributed by atoms with Crippen LogP contribution in [-0.4, -0.2) is 9.55 Å². The van der Waals surface area contributed by atoms with E-state index >= 15 is 0 Å². The Morgan fingerprint density at radius 2 is 2.40 bits per heavy atom. The minimum Gasteiger partial charge on any atom is -0.297 e. The molecule has 0 spiro atoms. The number of unbranched alkanes of at least 4 members (excludes halogenated alkanes) is 1. The SMILES string of the molecule is C#CCCCn1c(CC)nc(Cl)cc1=O. The third-order valence-corrected chi connectivity index (χ3v) is 2.27. The quantitative estimate of drug-likeness (QED) is 0.445. The van der Waals surface area contributed by atoms with Gasteiger partial charge >= 0.3 is 0 Å². The largest absolute Gasteiger partial charge is 0.297 e. The fourth-order valence-electron chi connectivity index (χ4n) is 1.37. The number of hydrogen-bond acceptors (Lipinski definition) is 2. The lowest BCUT2D eigenvalue weighted by Crippen LogP contribution is -2.24. The van der Waals surface area contributed by atoms with Gasteiger partial charge in [-0.25, -0.2) is 4.98 Å². The molecule has 0 radical (unpaired) electrons. The lowest BCUT2D eigenvalue weighted by atomic mass is 10.3. The topological polar surface area (TPSA) is 34.9 Å². The van der Waals surface area contributed by atoms with E-state index in [9.17, 15) is 4.79 Å². The second-order valence-electron chi connectivity index (χ2n) is 3.15. The molecule has 1 heterocycles. The monoisotopic (exact) mass is 224 g/mol. The lowest BCUT2D eigenvalue weighted by Gasteiger charge is -2.09. The standard InChI is InChI=1S/C11H13ClN2O/c1-3-5-6-7-14-10(4-2)13-9(12)8-11(14)15/h1,8H,4-7H2,2H3. The molecule has 15 heavy (non-hydrogen) atoms. The van der Waals surface area contributed by atoms with Crippen molar-refractivity contribution in [3.8, 4) is 12.3 Å². The predicted octanol–water partition coefficient (Wildman–Crippen LogP) is 1.87. The van der Waals surface area contributed by atoms with Gasteiger partial charge in [0.1, 0.15) is 11.0 Å². The van der Waals surface area contributed by atoms with E-state index in [2.05, 4.69) is 10.9 Å². The number of aryl methyl sites for hydroxylation is 1. The van der Waals surface area contributed by atoms with Gasteiger partial charge in [0.15, 0.2) is 0 Å². The second kappa shape index (κ2) is 5.57. The van der Waals surface area contributed by atoms with Crippen molar-refractivity contribution in [3.63, 3.8) is 0 Å². The molecule has 0 aliphatic rings. The fourth-order valence-corrected chi connectivity index (χ4v) is 1.56. The molecule has 1 aromatic rings. The van der Waals surface area contributed by atoms with Crippen molar-refractivity contribution in [3.05, 3.63) is 27.4 Å². The van der Waals surface area contributed by atoms with Gasteiger partial charge in [-0.2, -0.15) is 0 Å². The number of hydrogen-bond donors (Lipinski definition) is 0. The predicted molar refractivity (Wildman–Crippen MR) is 61.0 cm³/mol. The first kappa shape index (κ1) is 11.8. The molecule has 0 aliphatic heterocycles. The van der Waals surface area contributed by atoms with Gasteiger partial charge in [0.25, 0.3) is 5.56 Å². The summed E-state index contributed by atoms with van der Waals surface area (Å²) < 4.78 is 1.63. The van der Waals surface area contributed by atoms with Crippen LogP contribution in [0.3, 0.4) is 0 Å². The van der Waals surface area contributed by atoms with Crippen LogP contribution in [0.15, 0.2) is 10.9 Å². The maximum atomic E-state index is 11.6. The summed E-state index contributed by atoms with van der Waals surface area (Å²) in [5.41, 5.74) is -0.108. The van der Waals surface area contributed by atoms with Crippen LogP contribution in [0.5, 0.6) is 0 Å². The van der Waals surface area contributed by atoms with Crippen molar-refractivity contribution in [2.24, 2.45) is 0 Å². The molecular formula is C11H13ClN2O. The molecular weight excluding hydrogens is 212 g/mol. The van der Waals surface area contributed by atoms with Crippen LogP contribution in [0.4, 0.5) is 0 Å². The smallest absolute Gasteiger partial charge is 0.254 e. The van der Waals surface area contributed by atoms with Crippen molar-refractivity contribution in [1.29, 1.82) is 0 Å². The summed E-state index contributed by atoms with van der Waals surface area (Å²) in [6.45, 7) is 2.55. The Balaban J connectivity index is 2.95. The van der Waals surface area contributed by atoms with Crippen molar-refractivity contribution in [1.82, 2.24) is 9.55 Å². The highest BCUT2D eigenvalue weighted by Crippen LogP contribution is 2.04. The summed E-state index contributed by atoms with van der Waals surface area (Å²) in [6, 6.07) is 1.33. The van der Waals surface area contributed by atoms with E-state index in [1.54, 1.807) is 4.57 Å². The van der Waals surface area contributed by atoms with Crippen LogP contribution in [-0.2, 0) is 13.0 Å². The Kier molecular flexibility index (Phi) is 4.38. The lowest BCUT2D eigenvalue weighted by molar-refractivity contribution is 0.588. The van der Waals surface area contributed by atoms with E-state index in [1.165, 1.54) is 6.07 Å². The third kappa shape index (κ3) is 3.10. The molecule has 0 amide bonds. The first-order valence-corrected chi connectivity index (χ1v) is 5.26. The summed E-state index contributed by atoms with van der Waals surface area (Å²) in [6.07, 6.45) is 7.29. The Bertz CT molecular complexity index is 431. The Hall–Kier alpha value is -1.27. The van der Waals surface area contributed by atoms with E-state index in [-0.39, 0.29) is 10.7 Å². The molecule has 80 valence electrons. The van der Waals surface area contributed by atoms with Crippen molar-refractivity contribution in [2.45, 2.75) is 32.7 Å². The number of halogens is 1. The van der Waals surface area contributed by atoms with E-state index in [0.717, 1.165) is 6.42 Å². The van der Waals surface area contributed by atoms with Crippen molar-refractivity contribution < 1.29 is 0 Å². The van der Waals surface area contributed by atoms with Crippen molar-refractivity contribution in [2.75, 3.05) is 0 Å². The molecule has 0 fully saturated rings. The molecule has 0 N–H and O–H groups in total. The van der Waals surface area contributed by atoms with Crippen LogP contribution >= 0.6 is 11.6 Å². The molecule has 1 aromatic heterocycles. The Labute approximate surface area is 94.1 Å². The van der Waals surface area contributed by atoms with Crippen LogP contribution in [0.25, 0.3) is 0 Å². The molecule has 0 aromatic carbocycles. The summed E-state index contributed by atoms with van der Waals surface area (Å²) in [4.78, 5) is 15.7. The molecule has 0 saturated heterocycles. The first-order chi connectivity index (χ1) is 7.19. The normalized spacial score (nSPS) is 9.93. The molecule has 1 rings (SSSR count). The van der Waals surface area contributed by atoms with Crippen molar-refractivity contribution >= 4 is 11.6 Å². The maximum absolute atomic E-state index is 11.6. The molecule has 0 saturated carbocycles. The summed E-state index contributed by atoms with van der Waals surface area (Å²) in [5, 5.41) is 0.255.